The van der Waals surface area contributed by atoms with Crippen molar-refractivity contribution >= 4 is 27.9 Å². The van der Waals surface area contributed by atoms with Gasteiger partial charge in [0.1, 0.15) is 0 Å². The second kappa shape index (κ2) is 18.4. The lowest BCUT2D eigenvalue weighted by molar-refractivity contribution is -0.203. The van der Waals surface area contributed by atoms with E-state index in [0.717, 1.165) is 22.8 Å². The molecule has 1 aromatic rings. The summed E-state index contributed by atoms with van der Waals surface area (Å²) in [5.41, 5.74) is 6.23. The number of allylic oxidation sites excluding steroid dienone is 1. The largest absolute Gasteiger partial charge is 0.350 e. The number of amides is 2. The molecule has 0 saturated carbocycles. The zero-order valence-electron chi connectivity index (χ0n) is 26.3. The quantitative estimate of drug-likeness (QED) is 0.240. The third-order valence-corrected chi connectivity index (χ3v) is 8.64. The molecule has 10 nitrogen and oxygen atoms in total. The monoisotopic (exact) mass is 608 g/mol. The molecule has 238 valence electrons. The van der Waals surface area contributed by atoms with Crippen LogP contribution in [-0.4, -0.2) is 75.4 Å². The summed E-state index contributed by atoms with van der Waals surface area (Å²) < 4.78 is 33.3. The van der Waals surface area contributed by atoms with Crippen LogP contribution in [0.1, 0.15) is 71.8 Å². The van der Waals surface area contributed by atoms with Crippen molar-refractivity contribution in [2.45, 2.75) is 72.5 Å². The number of ether oxygens (including phenoxy) is 1. The topological polar surface area (TPSA) is 117 Å². The van der Waals surface area contributed by atoms with E-state index in [1.165, 1.54) is 0 Å². The van der Waals surface area contributed by atoms with Crippen LogP contribution in [0.15, 0.2) is 36.4 Å². The summed E-state index contributed by atoms with van der Waals surface area (Å²) in [4.78, 5) is 35.0. The van der Waals surface area contributed by atoms with Crippen LogP contribution in [0, 0.1) is 23.7 Å². The first kappa shape index (κ1) is 35.9. The molecule has 0 bridgehead atoms. The van der Waals surface area contributed by atoms with Crippen molar-refractivity contribution in [3.8, 4) is 0 Å². The molecule has 1 aromatic carbocycles. The van der Waals surface area contributed by atoms with Crippen molar-refractivity contribution in [1.29, 1.82) is 0 Å². The van der Waals surface area contributed by atoms with E-state index < -0.39 is 40.0 Å². The Bertz CT molecular complexity index is 1070. The molecule has 42 heavy (non-hydrogen) atoms. The smallest absolute Gasteiger partial charge is 0.247 e. The van der Waals surface area contributed by atoms with Crippen LogP contribution >= 0.6 is 0 Å². The van der Waals surface area contributed by atoms with Gasteiger partial charge in [0.15, 0.2) is 6.29 Å². The molecule has 1 saturated heterocycles. The maximum Gasteiger partial charge on any atom is 0.247 e. The zero-order valence-corrected chi connectivity index (χ0v) is 27.1. The highest BCUT2D eigenvalue weighted by Crippen LogP contribution is 2.26. The summed E-state index contributed by atoms with van der Waals surface area (Å²) in [6, 6.07) is 9.70. The first-order valence-corrected chi connectivity index (χ1v) is 16.7. The Morgan fingerprint density at radius 3 is 2.36 bits per heavy atom. The van der Waals surface area contributed by atoms with Gasteiger partial charge in [0, 0.05) is 19.6 Å². The number of hydrogen-bond donors (Lipinski definition) is 2. The van der Waals surface area contributed by atoms with Crippen molar-refractivity contribution in [3.63, 3.8) is 0 Å². The number of carbonyl (C=O) groups excluding carboxylic acids is 2. The first-order chi connectivity index (χ1) is 19.9. The minimum atomic E-state index is -3.77. The number of hydrogen-bond acceptors (Lipinski definition) is 7. The summed E-state index contributed by atoms with van der Waals surface area (Å²) in [5.74, 6) is -2.57. The number of hydrazine groups is 1. The van der Waals surface area contributed by atoms with Crippen molar-refractivity contribution < 1.29 is 27.6 Å². The highest BCUT2D eigenvalue weighted by molar-refractivity contribution is 7.89. The molecule has 0 radical (unpaired) electrons. The lowest BCUT2D eigenvalue weighted by atomic mass is 9.82. The fraction of sp³-hybridized carbons (Fsp3) is 0.677. The van der Waals surface area contributed by atoms with Crippen LogP contribution in [0.3, 0.4) is 0 Å². The van der Waals surface area contributed by atoms with Crippen LogP contribution in [0.5, 0.6) is 0 Å². The summed E-state index contributed by atoms with van der Waals surface area (Å²) in [5, 5.41) is 0. The minimum Gasteiger partial charge on any atom is -0.350 e. The van der Waals surface area contributed by atoms with E-state index >= 15 is 0 Å². The van der Waals surface area contributed by atoms with E-state index in [-0.39, 0.29) is 30.6 Å². The van der Waals surface area contributed by atoms with Gasteiger partial charge in [-0.25, -0.2) is 18.7 Å². The number of nitrogens with one attached hydrogen (secondary N) is 2. The molecule has 1 heterocycles. The fourth-order valence-corrected chi connectivity index (χ4v) is 6.24. The van der Waals surface area contributed by atoms with Crippen molar-refractivity contribution in [2.75, 3.05) is 39.5 Å². The van der Waals surface area contributed by atoms with Crippen LogP contribution in [0.2, 0.25) is 0 Å². The van der Waals surface area contributed by atoms with Crippen LogP contribution < -0.4 is 10.9 Å². The molecular weight excluding hydrogens is 556 g/mol. The number of benzene rings is 1. The zero-order chi connectivity index (χ0) is 31.1. The Hall–Kier alpha value is -2.31. The first-order valence-electron chi connectivity index (χ1n) is 15.1. The molecule has 0 spiro atoms. The van der Waals surface area contributed by atoms with Crippen LogP contribution in [0.4, 0.5) is 0 Å². The Morgan fingerprint density at radius 2 is 1.76 bits per heavy atom. The lowest BCUT2D eigenvalue weighted by Crippen LogP contribution is -2.53. The molecular formula is C31H52N4O6S. The minimum absolute atomic E-state index is 0.0192. The van der Waals surface area contributed by atoms with Gasteiger partial charge < -0.3 is 9.64 Å². The Kier molecular flexibility index (Phi) is 15.7. The SMILES string of the molecule is CC(C)C[C@@H](C(=O)NN(CC(C)C)S(=O)(=O)CCCN(C)C)[C@H](CC=Cc1ccccc1)C(=O)NOC1CCCCO1. The average molecular weight is 609 g/mol. The fourth-order valence-electron chi connectivity index (χ4n) is 4.77. The highest BCUT2D eigenvalue weighted by atomic mass is 32.2. The number of carbonyl (C=O) groups is 2. The van der Waals surface area contributed by atoms with Crippen molar-refractivity contribution in [3.05, 3.63) is 42.0 Å². The molecule has 3 atom stereocenters. The summed E-state index contributed by atoms with van der Waals surface area (Å²) in [7, 11) is -0.000406. The van der Waals surface area contributed by atoms with Gasteiger partial charge in [-0.05, 0) is 70.1 Å². The van der Waals surface area contributed by atoms with Crippen molar-refractivity contribution in [1.82, 2.24) is 20.2 Å². The molecule has 0 aromatic heterocycles. The van der Waals surface area contributed by atoms with Crippen LogP contribution in [-0.2, 0) is 29.2 Å². The van der Waals surface area contributed by atoms with E-state index in [1.54, 1.807) is 0 Å². The predicted molar refractivity (Wildman–Crippen MR) is 166 cm³/mol. The molecule has 1 aliphatic rings. The summed E-state index contributed by atoms with van der Waals surface area (Å²) in [6.07, 6.45) is 6.90. The Balaban J connectivity index is 2.31. The molecule has 1 fully saturated rings. The Morgan fingerprint density at radius 1 is 1.05 bits per heavy atom. The molecule has 1 unspecified atom stereocenters. The Labute approximate surface area is 253 Å². The van der Waals surface area contributed by atoms with Gasteiger partial charge in [0.25, 0.3) is 0 Å². The van der Waals surface area contributed by atoms with Gasteiger partial charge in [-0.3, -0.25) is 15.0 Å². The molecule has 11 heteroatoms. The van der Waals surface area contributed by atoms with Crippen molar-refractivity contribution in [2.24, 2.45) is 23.7 Å². The van der Waals surface area contributed by atoms with Gasteiger partial charge >= 0.3 is 0 Å². The molecule has 2 amide bonds. The molecule has 2 rings (SSSR count). The third kappa shape index (κ3) is 13.3. The number of hydroxylamine groups is 1. The molecule has 1 aliphatic heterocycles. The van der Waals surface area contributed by atoms with E-state index in [0.29, 0.717) is 32.4 Å². The summed E-state index contributed by atoms with van der Waals surface area (Å²) in [6.45, 7) is 9.06. The van der Waals surface area contributed by atoms with Crippen LogP contribution in [0.25, 0.3) is 6.08 Å². The summed E-state index contributed by atoms with van der Waals surface area (Å²) >= 11 is 0. The van der Waals surface area contributed by atoms with Gasteiger partial charge in [-0.15, -0.1) is 4.41 Å². The predicted octanol–water partition coefficient (Wildman–Crippen LogP) is 4.21. The normalized spacial score (nSPS) is 17.7. The average Bonchev–Trinajstić information content (AvgIpc) is 2.93. The van der Waals surface area contributed by atoms with E-state index in [1.807, 2.05) is 89.2 Å². The number of nitrogens with zero attached hydrogens (tertiary/aromatic N) is 2. The van der Waals surface area contributed by atoms with Gasteiger partial charge in [0.2, 0.25) is 21.8 Å². The molecule has 0 aliphatic carbocycles. The van der Waals surface area contributed by atoms with Gasteiger partial charge in [-0.2, -0.15) is 0 Å². The second-order valence-electron chi connectivity index (χ2n) is 12.1. The third-order valence-electron chi connectivity index (χ3n) is 6.92. The van der Waals surface area contributed by atoms with E-state index in [4.69, 9.17) is 9.57 Å². The maximum absolute atomic E-state index is 13.9. The molecule has 2 N–H and O–H groups in total. The van der Waals surface area contributed by atoms with E-state index in [2.05, 4.69) is 10.9 Å². The number of rotatable bonds is 18. The van der Waals surface area contributed by atoms with Gasteiger partial charge in [0.05, 0.1) is 17.6 Å². The number of sulfonamides is 1. The highest BCUT2D eigenvalue weighted by Gasteiger charge is 2.36. The standard InChI is InChI=1S/C31H52N4O6S/c1-24(2)22-28(30(36)32-35(23-25(3)4)42(38,39)21-13-19-34(5)6)27(17-12-16-26-14-8-7-9-15-26)31(37)33-41-29-18-10-11-20-40-29/h7-9,12,14-16,24-25,27-29H,10-11,13,17-23H2,1-6H3,(H,32,36)(H,33,37)/t27-,28+,29?/m0/s1. The lowest BCUT2D eigenvalue weighted by Gasteiger charge is -2.31. The maximum atomic E-state index is 13.9. The van der Waals surface area contributed by atoms with E-state index in [9.17, 15) is 18.0 Å². The van der Waals surface area contributed by atoms with Gasteiger partial charge in [-0.1, -0.05) is 70.2 Å². The second-order valence-corrected chi connectivity index (χ2v) is 14.2.